The van der Waals surface area contributed by atoms with Gasteiger partial charge in [-0.05, 0) is 68.3 Å². The SMILES string of the molecule is Cc1ccccc1Oc1c(CCC(=O)Nc2ccccc2)c(C)nn1-c1ccc(F)cc1. The number of carbonyl (C=O) groups excluding carboxylic acids is 1. The number of hydrogen-bond acceptors (Lipinski definition) is 3. The molecular weight excluding hydrogens is 405 g/mol. The fraction of sp³-hybridized carbons (Fsp3) is 0.154. The summed E-state index contributed by atoms with van der Waals surface area (Å²) in [7, 11) is 0. The molecule has 1 amide bonds. The molecule has 162 valence electrons. The van der Waals surface area contributed by atoms with Crippen molar-refractivity contribution in [2.75, 3.05) is 5.32 Å². The highest BCUT2D eigenvalue weighted by Gasteiger charge is 2.20. The minimum absolute atomic E-state index is 0.0908. The summed E-state index contributed by atoms with van der Waals surface area (Å²) < 4.78 is 21.4. The van der Waals surface area contributed by atoms with E-state index in [2.05, 4.69) is 10.4 Å². The second-order valence-corrected chi connectivity index (χ2v) is 7.54. The Morgan fingerprint density at radius 1 is 0.969 bits per heavy atom. The lowest BCUT2D eigenvalue weighted by Crippen LogP contribution is -2.12. The van der Waals surface area contributed by atoms with Crippen LogP contribution >= 0.6 is 0 Å². The molecule has 0 spiro atoms. The Hall–Kier alpha value is -3.93. The largest absolute Gasteiger partial charge is 0.438 e. The second-order valence-electron chi connectivity index (χ2n) is 7.54. The highest BCUT2D eigenvalue weighted by Crippen LogP contribution is 2.33. The summed E-state index contributed by atoms with van der Waals surface area (Å²) in [5.41, 5.74) is 4.00. The Morgan fingerprint density at radius 2 is 1.66 bits per heavy atom. The molecule has 1 aromatic heterocycles. The summed E-state index contributed by atoms with van der Waals surface area (Å²) in [4.78, 5) is 12.5. The maximum Gasteiger partial charge on any atom is 0.226 e. The standard InChI is InChI=1S/C26H24FN3O2/c1-18-8-6-7-11-24(18)32-26-23(16-17-25(31)28-21-9-4-3-5-10-21)19(2)29-30(26)22-14-12-20(27)13-15-22/h3-15H,16-17H2,1-2H3,(H,28,31). The second kappa shape index (κ2) is 9.47. The predicted molar refractivity (Wildman–Crippen MR) is 123 cm³/mol. The summed E-state index contributed by atoms with van der Waals surface area (Å²) in [6, 6.07) is 23.1. The number of aryl methyl sites for hydroxylation is 2. The predicted octanol–water partition coefficient (Wildman–Crippen LogP) is 5.99. The number of amides is 1. The highest BCUT2D eigenvalue weighted by molar-refractivity contribution is 5.90. The molecule has 0 saturated carbocycles. The molecule has 1 N–H and O–H groups in total. The van der Waals surface area contributed by atoms with Gasteiger partial charge in [0.25, 0.3) is 0 Å². The molecule has 5 nitrogen and oxygen atoms in total. The van der Waals surface area contributed by atoms with Gasteiger partial charge in [-0.2, -0.15) is 5.10 Å². The lowest BCUT2D eigenvalue weighted by Gasteiger charge is -2.13. The maximum atomic E-state index is 13.5. The van der Waals surface area contributed by atoms with Crippen LogP contribution in [0, 0.1) is 19.7 Å². The first-order chi connectivity index (χ1) is 15.5. The van der Waals surface area contributed by atoms with Crippen molar-refractivity contribution in [3.63, 3.8) is 0 Å². The third kappa shape index (κ3) is 4.86. The molecule has 4 aromatic rings. The van der Waals surface area contributed by atoms with E-state index in [0.717, 1.165) is 22.5 Å². The molecule has 4 rings (SSSR count). The van der Waals surface area contributed by atoms with Crippen molar-refractivity contribution in [3.05, 3.63) is 102 Å². The lowest BCUT2D eigenvalue weighted by molar-refractivity contribution is -0.116. The van der Waals surface area contributed by atoms with Gasteiger partial charge in [-0.1, -0.05) is 36.4 Å². The number of carbonyl (C=O) groups is 1. The zero-order valence-corrected chi connectivity index (χ0v) is 18.0. The van der Waals surface area contributed by atoms with Gasteiger partial charge in [0, 0.05) is 17.7 Å². The molecule has 3 aromatic carbocycles. The summed E-state index contributed by atoms with van der Waals surface area (Å²) in [5, 5.41) is 7.54. The van der Waals surface area contributed by atoms with E-state index >= 15 is 0 Å². The van der Waals surface area contributed by atoms with Gasteiger partial charge in [0.15, 0.2) is 0 Å². The van der Waals surface area contributed by atoms with Crippen molar-refractivity contribution in [1.29, 1.82) is 0 Å². The molecule has 1 heterocycles. The summed E-state index contributed by atoms with van der Waals surface area (Å²) >= 11 is 0. The van der Waals surface area contributed by atoms with Crippen LogP contribution in [0.2, 0.25) is 0 Å². The molecule has 6 heteroatoms. The number of rotatable bonds is 7. The number of ether oxygens (including phenoxy) is 1. The minimum Gasteiger partial charge on any atom is -0.438 e. The van der Waals surface area contributed by atoms with Crippen molar-refractivity contribution in [3.8, 4) is 17.3 Å². The van der Waals surface area contributed by atoms with E-state index in [0.29, 0.717) is 23.7 Å². The van der Waals surface area contributed by atoms with E-state index in [1.165, 1.54) is 12.1 Å². The van der Waals surface area contributed by atoms with Crippen molar-refractivity contribution < 1.29 is 13.9 Å². The van der Waals surface area contributed by atoms with Crippen LogP contribution in [0.15, 0.2) is 78.9 Å². The number of hydrogen-bond donors (Lipinski definition) is 1. The number of nitrogens with one attached hydrogen (secondary N) is 1. The number of anilines is 1. The van der Waals surface area contributed by atoms with Gasteiger partial charge in [-0.25, -0.2) is 9.07 Å². The summed E-state index contributed by atoms with van der Waals surface area (Å²) in [5.74, 6) is 0.811. The molecule has 0 bridgehead atoms. The lowest BCUT2D eigenvalue weighted by atomic mass is 10.1. The minimum atomic E-state index is -0.322. The number of benzene rings is 3. The first kappa shape index (κ1) is 21.3. The Morgan fingerprint density at radius 3 is 2.38 bits per heavy atom. The van der Waals surface area contributed by atoms with Crippen molar-refractivity contribution >= 4 is 11.6 Å². The highest BCUT2D eigenvalue weighted by atomic mass is 19.1. The van der Waals surface area contributed by atoms with Gasteiger partial charge in [-0.15, -0.1) is 0 Å². The quantitative estimate of drug-likeness (QED) is 0.392. The molecule has 0 saturated heterocycles. The third-order valence-corrected chi connectivity index (χ3v) is 5.17. The van der Waals surface area contributed by atoms with E-state index in [1.807, 2.05) is 68.4 Å². The van der Waals surface area contributed by atoms with E-state index < -0.39 is 0 Å². The van der Waals surface area contributed by atoms with Crippen molar-refractivity contribution in [1.82, 2.24) is 9.78 Å². The van der Waals surface area contributed by atoms with Gasteiger partial charge >= 0.3 is 0 Å². The molecule has 0 atom stereocenters. The van der Waals surface area contributed by atoms with Crippen LogP contribution in [0.4, 0.5) is 10.1 Å². The molecule has 0 unspecified atom stereocenters. The molecule has 0 aliphatic carbocycles. The Balaban J connectivity index is 1.64. The number of nitrogens with zero attached hydrogens (tertiary/aromatic N) is 2. The van der Waals surface area contributed by atoms with Gasteiger partial charge in [0.05, 0.1) is 11.4 Å². The Labute approximate surface area is 186 Å². The van der Waals surface area contributed by atoms with Crippen LogP contribution in [0.1, 0.15) is 23.2 Å². The zero-order chi connectivity index (χ0) is 22.5. The van der Waals surface area contributed by atoms with Crippen LogP contribution in [-0.2, 0) is 11.2 Å². The van der Waals surface area contributed by atoms with Gasteiger partial charge < -0.3 is 10.1 Å². The van der Waals surface area contributed by atoms with Gasteiger partial charge in [0.2, 0.25) is 11.8 Å². The van der Waals surface area contributed by atoms with Crippen LogP contribution in [0.5, 0.6) is 11.6 Å². The topological polar surface area (TPSA) is 56.1 Å². The third-order valence-electron chi connectivity index (χ3n) is 5.17. The molecule has 0 aliphatic rings. The van der Waals surface area contributed by atoms with E-state index in [-0.39, 0.29) is 18.1 Å². The number of halogens is 1. The van der Waals surface area contributed by atoms with E-state index in [9.17, 15) is 9.18 Å². The molecule has 0 fully saturated rings. The normalized spacial score (nSPS) is 10.7. The van der Waals surface area contributed by atoms with E-state index in [4.69, 9.17) is 4.74 Å². The average Bonchev–Trinajstić information content (AvgIpc) is 3.10. The summed E-state index contributed by atoms with van der Waals surface area (Å²) in [6.45, 7) is 3.85. The van der Waals surface area contributed by atoms with Gasteiger partial charge in [0.1, 0.15) is 11.6 Å². The fourth-order valence-electron chi connectivity index (χ4n) is 3.45. The fourth-order valence-corrected chi connectivity index (χ4v) is 3.45. The number of para-hydroxylation sites is 2. The maximum absolute atomic E-state index is 13.5. The summed E-state index contributed by atoms with van der Waals surface area (Å²) in [6.07, 6.45) is 0.724. The van der Waals surface area contributed by atoms with Crippen LogP contribution in [-0.4, -0.2) is 15.7 Å². The first-order valence-corrected chi connectivity index (χ1v) is 10.4. The molecule has 0 radical (unpaired) electrons. The Kier molecular flexibility index (Phi) is 6.31. The van der Waals surface area contributed by atoms with E-state index in [1.54, 1.807) is 16.8 Å². The average molecular weight is 429 g/mol. The Bertz CT molecular complexity index is 1220. The monoisotopic (exact) mass is 429 g/mol. The zero-order valence-electron chi connectivity index (χ0n) is 18.0. The molecule has 0 aliphatic heterocycles. The molecular formula is C26H24FN3O2. The van der Waals surface area contributed by atoms with Crippen molar-refractivity contribution in [2.24, 2.45) is 0 Å². The van der Waals surface area contributed by atoms with Crippen molar-refractivity contribution in [2.45, 2.75) is 26.7 Å². The smallest absolute Gasteiger partial charge is 0.226 e. The number of aromatic nitrogens is 2. The molecule has 32 heavy (non-hydrogen) atoms. The van der Waals surface area contributed by atoms with Crippen LogP contribution < -0.4 is 10.1 Å². The van der Waals surface area contributed by atoms with Gasteiger partial charge in [-0.3, -0.25) is 4.79 Å². The first-order valence-electron chi connectivity index (χ1n) is 10.4. The van der Waals surface area contributed by atoms with Crippen LogP contribution in [0.25, 0.3) is 5.69 Å². The van der Waals surface area contributed by atoms with Crippen LogP contribution in [0.3, 0.4) is 0 Å².